The molecule has 0 aromatic carbocycles. The Kier molecular flexibility index (Phi) is 4.97. The highest BCUT2D eigenvalue weighted by molar-refractivity contribution is 7.15. The second-order valence-electron chi connectivity index (χ2n) is 8.93. The van der Waals surface area contributed by atoms with Crippen molar-refractivity contribution in [2.75, 3.05) is 32.0 Å². The van der Waals surface area contributed by atoms with E-state index in [-0.39, 0.29) is 35.0 Å². The van der Waals surface area contributed by atoms with E-state index in [1.807, 2.05) is 11.8 Å². The van der Waals surface area contributed by atoms with Gasteiger partial charge < -0.3 is 20.5 Å². The topological polar surface area (TPSA) is 88.7 Å². The molecule has 6 atom stereocenters. The van der Waals surface area contributed by atoms with Crippen LogP contribution in [0.1, 0.15) is 50.1 Å². The summed E-state index contributed by atoms with van der Waals surface area (Å²) < 4.78 is 5.37. The molecule has 0 spiro atoms. The number of aliphatic hydroxyl groups is 1. The molecule has 3 aliphatic rings. The lowest BCUT2D eigenvalue weighted by molar-refractivity contribution is -0.148. The lowest BCUT2D eigenvalue weighted by Gasteiger charge is -2.53. The molecular weight excluding hydrogens is 362 g/mol. The van der Waals surface area contributed by atoms with E-state index < -0.39 is 6.10 Å². The molecule has 1 amide bonds. The molecule has 3 N–H and O–H groups in total. The predicted molar refractivity (Wildman–Crippen MR) is 106 cm³/mol. The smallest absolute Gasteiger partial charge is 0.225 e. The first kappa shape index (κ1) is 19.2. The number of nitrogen functional groups attached to an aromatic ring is 1. The Morgan fingerprint density at radius 1 is 1.44 bits per heavy atom. The number of fused-ring (bicyclic) bond motifs is 2. The summed E-state index contributed by atoms with van der Waals surface area (Å²) in [6.45, 7) is 8.99. The molecule has 2 heterocycles. The van der Waals surface area contributed by atoms with E-state index in [1.54, 1.807) is 11.3 Å². The van der Waals surface area contributed by atoms with E-state index in [4.69, 9.17) is 10.5 Å². The summed E-state index contributed by atoms with van der Waals surface area (Å²) in [5.41, 5.74) is 7.08. The van der Waals surface area contributed by atoms with Crippen molar-refractivity contribution in [3.05, 3.63) is 10.6 Å². The number of thiazole rings is 1. The van der Waals surface area contributed by atoms with Gasteiger partial charge in [-0.25, -0.2) is 4.98 Å². The molecule has 6 unspecified atom stereocenters. The Labute approximate surface area is 165 Å². The third-order valence-corrected chi connectivity index (χ3v) is 8.19. The molecule has 4 rings (SSSR count). The molecule has 6 nitrogen and oxygen atoms in total. The van der Waals surface area contributed by atoms with Gasteiger partial charge in [-0.15, -0.1) is 11.3 Å². The van der Waals surface area contributed by atoms with Crippen molar-refractivity contribution < 1.29 is 14.6 Å². The van der Waals surface area contributed by atoms with Crippen molar-refractivity contribution in [2.24, 2.45) is 23.2 Å². The first-order valence-corrected chi connectivity index (χ1v) is 10.9. The van der Waals surface area contributed by atoms with E-state index in [9.17, 15) is 9.90 Å². The maximum atomic E-state index is 13.0. The molecular formula is C20H31N3O3S. The lowest BCUT2D eigenvalue weighted by atomic mass is 9.53. The zero-order valence-electron chi connectivity index (χ0n) is 16.5. The summed E-state index contributed by atoms with van der Waals surface area (Å²) in [5.74, 6) is 0.268. The summed E-state index contributed by atoms with van der Waals surface area (Å²) in [6, 6.07) is 0. The van der Waals surface area contributed by atoms with E-state index in [0.717, 1.165) is 25.0 Å². The maximum absolute atomic E-state index is 13.0. The highest BCUT2D eigenvalue weighted by atomic mass is 32.1. The summed E-state index contributed by atoms with van der Waals surface area (Å²) in [6.07, 6.45) is 2.36. The number of ether oxygens (including phenoxy) is 1. The minimum atomic E-state index is -0.491. The van der Waals surface area contributed by atoms with Gasteiger partial charge in [0.05, 0.1) is 25.0 Å². The number of hydrogen-bond acceptors (Lipinski definition) is 6. The molecule has 2 aliphatic carbocycles. The molecule has 2 fully saturated rings. The molecule has 27 heavy (non-hydrogen) atoms. The molecule has 0 radical (unpaired) electrons. The second-order valence-corrected chi connectivity index (χ2v) is 10.0. The van der Waals surface area contributed by atoms with Crippen LogP contribution in [0.5, 0.6) is 0 Å². The van der Waals surface area contributed by atoms with Crippen molar-refractivity contribution in [3.63, 3.8) is 0 Å². The fourth-order valence-electron chi connectivity index (χ4n) is 5.82. The summed E-state index contributed by atoms with van der Waals surface area (Å²) >= 11 is 1.59. The molecule has 1 saturated carbocycles. The Hall–Kier alpha value is -1.18. The fourth-order valence-corrected chi connectivity index (χ4v) is 6.95. The predicted octanol–water partition coefficient (Wildman–Crippen LogP) is 2.27. The van der Waals surface area contributed by atoms with Gasteiger partial charge in [0.15, 0.2) is 5.13 Å². The lowest BCUT2D eigenvalue weighted by Crippen LogP contribution is -2.54. The van der Waals surface area contributed by atoms with Crippen LogP contribution >= 0.6 is 11.3 Å². The normalized spacial score (nSPS) is 37.4. The van der Waals surface area contributed by atoms with Gasteiger partial charge in [-0.2, -0.15) is 0 Å². The third-order valence-electron chi connectivity index (χ3n) is 7.29. The number of aromatic nitrogens is 1. The zero-order chi connectivity index (χ0) is 19.3. The maximum Gasteiger partial charge on any atom is 0.225 e. The van der Waals surface area contributed by atoms with E-state index in [2.05, 4.69) is 18.8 Å². The van der Waals surface area contributed by atoms with Crippen LogP contribution in [0.25, 0.3) is 0 Å². The Bertz CT molecular complexity index is 717. The van der Waals surface area contributed by atoms with Crippen LogP contribution in [0, 0.1) is 23.2 Å². The highest BCUT2D eigenvalue weighted by Gasteiger charge is 2.54. The Morgan fingerprint density at radius 2 is 2.15 bits per heavy atom. The largest absolute Gasteiger partial charge is 0.392 e. The molecule has 1 aromatic rings. The number of nitrogens with zero attached hydrogens (tertiary/aromatic N) is 2. The minimum Gasteiger partial charge on any atom is -0.392 e. The van der Waals surface area contributed by atoms with Gasteiger partial charge in [-0.05, 0) is 36.5 Å². The van der Waals surface area contributed by atoms with Crippen molar-refractivity contribution in [1.29, 1.82) is 0 Å². The molecule has 1 aliphatic heterocycles. The van der Waals surface area contributed by atoms with Crippen LogP contribution in [-0.2, 0) is 16.0 Å². The summed E-state index contributed by atoms with van der Waals surface area (Å²) in [4.78, 5) is 20.7. The molecule has 7 heteroatoms. The zero-order valence-corrected chi connectivity index (χ0v) is 17.3. The van der Waals surface area contributed by atoms with Crippen LogP contribution < -0.4 is 5.73 Å². The first-order chi connectivity index (χ1) is 12.8. The van der Waals surface area contributed by atoms with Gasteiger partial charge in [0.2, 0.25) is 5.91 Å². The van der Waals surface area contributed by atoms with Crippen molar-refractivity contribution >= 4 is 22.4 Å². The van der Waals surface area contributed by atoms with E-state index >= 15 is 0 Å². The van der Waals surface area contributed by atoms with Gasteiger partial charge in [0, 0.05) is 29.8 Å². The summed E-state index contributed by atoms with van der Waals surface area (Å²) in [7, 11) is 0. The highest BCUT2D eigenvalue weighted by Crippen LogP contribution is 2.57. The fraction of sp³-hybridized carbons (Fsp3) is 0.800. The van der Waals surface area contributed by atoms with Crippen LogP contribution in [0.3, 0.4) is 0 Å². The summed E-state index contributed by atoms with van der Waals surface area (Å²) in [5, 5.41) is 12.0. The van der Waals surface area contributed by atoms with Gasteiger partial charge >= 0.3 is 0 Å². The Balaban J connectivity index is 1.56. The molecule has 1 saturated heterocycles. The standard InChI is InChI=1S/C20H31N3O3S/c1-11(18(25)23-6-8-26-9-7-23)13-4-5-20(3)10-14-16(22-19(21)27-14)12(2)15(20)17(13)24/h11-13,15,17,24H,4-10H2,1-3H3,(H2,21,22). The first-order valence-electron chi connectivity index (χ1n) is 10.1. The van der Waals surface area contributed by atoms with Crippen LogP contribution in [0.4, 0.5) is 5.13 Å². The van der Waals surface area contributed by atoms with Crippen LogP contribution in [0.15, 0.2) is 0 Å². The van der Waals surface area contributed by atoms with Gasteiger partial charge in [0.1, 0.15) is 0 Å². The number of aliphatic hydroxyl groups excluding tert-OH is 1. The van der Waals surface area contributed by atoms with Crippen molar-refractivity contribution in [3.8, 4) is 0 Å². The quantitative estimate of drug-likeness (QED) is 0.805. The number of anilines is 1. The SMILES string of the molecule is CC(C(=O)N1CCOCC1)C1CCC2(C)Cc3sc(N)nc3C(C)C2C1O. The Morgan fingerprint density at radius 3 is 2.85 bits per heavy atom. The number of carbonyl (C=O) groups is 1. The number of rotatable bonds is 2. The number of amides is 1. The minimum absolute atomic E-state index is 0.00148. The van der Waals surface area contributed by atoms with E-state index in [0.29, 0.717) is 31.4 Å². The number of hydrogen-bond donors (Lipinski definition) is 2. The van der Waals surface area contributed by atoms with Crippen LogP contribution in [-0.4, -0.2) is 53.3 Å². The van der Waals surface area contributed by atoms with Crippen molar-refractivity contribution in [2.45, 2.75) is 52.1 Å². The number of carbonyl (C=O) groups excluding carboxylic acids is 1. The van der Waals surface area contributed by atoms with Gasteiger partial charge in [0.25, 0.3) is 0 Å². The molecule has 150 valence electrons. The number of morpholine rings is 1. The molecule has 0 bridgehead atoms. The second kappa shape index (κ2) is 7.01. The van der Waals surface area contributed by atoms with E-state index in [1.165, 1.54) is 4.88 Å². The monoisotopic (exact) mass is 393 g/mol. The number of nitrogens with two attached hydrogens (primary N) is 1. The van der Waals surface area contributed by atoms with Crippen molar-refractivity contribution in [1.82, 2.24) is 9.88 Å². The van der Waals surface area contributed by atoms with Gasteiger partial charge in [-0.3, -0.25) is 4.79 Å². The van der Waals surface area contributed by atoms with Crippen LogP contribution in [0.2, 0.25) is 0 Å². The molecule has 1 aromatic heterocycles. The van der Waals surface area contributed by atoms with Gasteiger partial charge in [-0.1, -0.05) is 20.8 Å². The average molecular weight is 394 g/mol. The average Bonchev–Trinajstić information content (AvgIpc) is 3.01. The third kappa shape index (κ3) is 3.17.